The Kier molecular flexibility index (Phi) is 2.58. The Morgan fingerprint density at radius 2 is 2.00 bits per heavy atom. The van der Waals surface area contributed by atoms with E-state index in [1.54, 1.807) is 0 Å². The van der Waals surface area contributed by atoms with Crippen LogP contribution in [0.15, 0.2) is 16.9 Å². The molecule has 1 saturated heterocycles. The molecule has 0 amide bonds. The molecule has 0 radical (unpaired) electrons. The number of H-pyrrole nitrogens is 1. The topological polar surface area (TPSA) is 66.3 Å². The number of fused-ring (bicyclic) bond motifs is 1. The first kappa shape index (κ1) is 11.9. The van der Waals surface area contributed by atoms with Crippen LogP contribution in [-0.2, 0) is 0 Å². The smallest absolute Gasteiger partial charge is 0.355 e. The Hall–Kier alpha value is -1.85. The van der Waals surface area contributed by atoms with Crippen LogP contribution < -0.4 is 10.6 Å². The Morgan fingerprint density at radius 1 is 1.15 bits per heavy atom. The highest BCUT2D eigenvalue weighted by Gasteiger charge is 2.39. The van der Waals surface area contributed by atoms with E-state index in [1.807, 2.05) is 12.1 Å². The molecule has 2 aromatic heterocycles. The Labute approximate surface area is 116 Å². The molecule has 0 aromatic carbocycles. The van der Waals surface area contributed by atoms with Crippen molar-refractivity contribution in [1.29, 1.82) is 0 Å². The Bertz CT molecular complexity index is 682. The van der Waals surface area contributed by atoms with Crippen LogP contribution in [0.3, 0.4) is 0 Å². The third-order valence-corrected chi connectivity index (χ3v) is 4.94. The van der Waals surface area contributed by atoms with Gasteiger partial charge in [-0.2, -0.15) is 9.61 Å². The van der Waals surface area contributed by atoms with Gasteiger partial charge >= 0.3 is 5.69 Å². The summed E-state index contributed by atoms with van der Waals surface area (Å²) in [6.07, 6.45) is 8.06. The molecule has 3 heterocycles. The molecule has 20 heavy (non-hydrogen) atoms. The maximum Gasteiger partial charge on any atom is 0.364 e. The second kappa shape index (κ2) is 4.33. The number of aromatic nitrogens is 4. The van der Waals surface area contributed by atoms with Crippen molar-refractivity contribution < 1.29 is 0 Å². The highest BCUT2D eigenvalue weighted by Crippen LogP contribution is 2.44. The number of hydrogen-bond donors (Lipinski definition) is 1. The van der Waals surface area contributed by atoms with E-state index in [0.717, 1.165) is 18.9 Å². The molecule has 0 atom stereocenters. The van der Waals surface area contributed by atoms with Crippen molar-refractivity contribution in [1.82, 2.24) is 19.8 Å². The molecule has 106 valence electrons. The lowest BCUT2D eigenvalue weighted by Gasteiger charge is -2.33. The molecule has 0 bridgehead atoms. The van der Waals surface area contributed by atoms with Crippen LogP contribution in [-0.4, -0.2) is 32.9 Å². The molecule has 6 heteroatoms. The first-order chi connectivity index (χ1) is 9.76. The van der Waals surface area contributed by atoms with Crippen molar-refractivity contribution in [3.63, 3.8) is 0 Å². The molecular formula is C14H19N5O. The van der Waals surface area contributed by atoms with Gasteiger partial charge in [0, 0.05) is 13.1 Å². The molecule has 1 spiro atoms. The zero-order chi connectivity index (χ0) is 13.6. The predicted octanol–water partition coefficient (Wildman–Crippen LogP) is 1.58. The summed E-state index contributed by atoms with van der Waals surface area (Å²) in [5.74, 6) is 0.892. The van der Waals surface area contributed by atoms with Gasteiger partial charge in [-0.1, -0.05) is 19.3 Å². The maximum atomic E-state index is 11.6. The van der Waals surface area contributed by atoms with Crippen LogP contribution in [0.25, 0.3) is 5.65 Å². The lowest BCUT2D eigenvalue weighted by Crippen LogP contribution is -2.30. The zero-order valence-electron chi connectivity index (χ0n) is 11.5. The molecule has 1 aliphatic heterocycles. The molecule has 2 fully saturated rings. The fraction of sp³-hybridized carbons (Fsp3) is 0.643. The van der Waals surface area contributed by atoms with E-state index in [4.69, 9.17) is 0 Å². The van der Waals surface area contributed by atoms with Crippen molar-refractivity contribution in [3.8, 4) is 0 Å². The average molecular weight is 273 g/mol. The van der Waals surface area contributed by atoms with Gasteiger partial charge in [0.25, 0.3) is 0 Å². The maximum absolute atomic E-state index is 11.6. The molecule has 6 nitrogen and oxygen atoms in total. The molecular weight excluding hydrogens is 254 g/mol. The average Bonchev–Trinajstić information content (AvgIpc) is 3.05. The molecule has 0 unspecified atom stereocenters. The molecule has 1 aliphatic carbocycles. The van der Waals surface area contributed by atoms with E-state index < -0.39 is 0 Å². The predicted molar refractivity (Wildman–Crippen MR) is 76.0 cm³/mol. The lowest BCUT2D eigenvalue weighted by molar-refractivity contribution is 0.219. The minimum atomic E-state index is -0.270. The summed E-state index contributed by atoms with van der Waals surface area (Å²) in [6.45, 7) is 2.13. The van der Waals surface area contributed by atoms with E-state index in [1.165, 1.54) is 43.0 Å². The van der Waals surface area contributed by atoms with Crippen LogP contribution in [0.4, 0.5) is 5.82 Å². The van der Waals surface area contributed by atoms with Gasteiger partial charge in [0.1, 0.15) is 5.82 Å². The number of hydrogen-bond acceptors (Lipinski definition) is 4. The first-order valence-corrected chi connectivity index (χ1v) is 7.45. The SMILES string of the molecule is O=c1[nH]nc2ccc(N3CCC4(CCCCC4)C3)nn12. The van der Waals surface area contributed by atoms with Crippen LogP contribution in [0.2, 0.25) is 0 Å². The monoisotopic (exact) mass is 273 g/mol. The number of nitrogens with one attached hydrogen (secondary N) is 1. The summed E-state index contributed by atoms with van der Waals surface area (Å²) in [7, 11) is 0. The Balaban J connectivity index is 1.63. The number of nitrogens with zero attached hydrogens (tertiary/aromatic N) is 4. The minimum absolute atomic E-state index is 0.270. The second-order valence-corrected chi connectivity index (χ2v) is 6.22. The molecule has 1 N–H and O–H groups in total. The van der Waals surface area contributed by atoms with Crippen molar-refractivity contribution in [3.05, 3.63) is 22.6 Å². The quantitative estimate of drug-likeness (QED) is 0.856. The van der Waals surface area contributed by atoms with E-state index in [9.17, 15) is 4.79 Å². The lowest BCUT2D eigenvalue weighted by atomic mass is 9.73. The van der Waals surface area contributed by atoms with Crippen molar-refractivity contribution in [2.45, 2.75) is 38.5 Å². The number of anilines is 1. The summed E-state index contributed by atoms with van der Waals surface area (Å²) in [5, 5.41) is 10.8. The summed E-state index contributed by atoms with van der Waals surface area (Å²) in [5.41, 5.74) is 0.801. The normalized spacial score (nSPS) is 21.9. The van der Waals surface area contributed by atoms with Gasteiger partial charge in [0.2, 0.25) is 0 Å². The third kappa shape index (κ3) is 1.82. The van der Waals surface area contributed by atoms with E-state index in [-0.39, 0.29) is 5.69 Å². The summed E-state index contributed by atoms with van der Waals surface area (Å²) in [6, 6.07) is 3.82. The largest absolute Gasteiger partial charge is 0.364 e. The van der Waals surface area contributed by atoms with Crippen molar-refractivity contribution >= 4 is 11.5 Å². The minimum Gasteiger partial charge on any atom is -0.355 e. The van der Waals surface area contributed by atoms with Gasteiger partial charge < -0.3 is 4.90 Å². The van der Waals surface area contributed by atoms with Gasteiger partial charge in [-0.15, -0.1) is 5.10 Å². The van der Waals surface area contributed by atoms with Gasteiger partial charge in [-0.25, -0.2) is 9.89 Å². The van der Waals surface area contributed by atoms with Crippen molar-refractivity contribution in [2.24, 2.45) is 5.41 Å². The fourth-order valence-corrected chi connectivity index (χ4v) is 3.80. The third-order valence-electron chi connectivity index (χ3n) is 4.94. The zero-order valence-corrected chi connectivity index (χ0v) is 11.5. The summed E-state index contributed by atoms with van der Waals surface area (Å²) >= 11 is 0. The summed E-state index contributed by atoms with van der Waals surface area (Å²) < 4.78 is 1.35. The number of aromatic amines is 1. The second-order valence-electron chi connectivity index (χ2n) is 6.22. The molecule has 4 rings (SSSR count). The number of rotatable bonds is 1. The molecule has 2 aromatic rings. The first-order valence-electron chi connectivity index (χ1n) is 7.45. The van der Waals surface area contributed by atoms with Crippen LogP contribution in [0.5, 0.6) is 0 Å². The van der Waals surface area contributed by atoms with Gasteiger partial charge in [0.05, 0.1) is 0 Å². The standard InChI is InChI=1S/C14H19N5O/c20-13-16-15-11-4-5-12(17-19(11)13)18-9-8-14(10-18)6-2-1-3-7-14/h4-5H,1-3,6-10H2,(H,16,20). The van der Waals surface area contributed by atoms with E-state index in [2.05, 4.69) is 20.2 Å². The van der Waals surface area contributed by atoms with Gasteiger partial charge in [-0.3, -0.25) is 0 Å². The fourth-order valence-electron chi connectivity index (χ4n) is 3.80. The van der Waals surface area contributed by atoms with Crippen LogP contribution in [0.1, 0.15) is 38.5 Å². The van der Waals surface area contributed by atoms with Crippen LogP contribution in [0, 0.1) is 5.41 Å². The summed E-state index contributed by atoms with van der Waals surface area (Å²) in [4.78, 5) is 13.9. The van der Waals surface area contributed by atoms with Crippen molar-refractivity contribution in [2.75, 3.05) is 18.0 Å². The highest BCUT2D eigenvalue weighted by molar-refractivity contribution is 5.46. The van der Waals surface area contributed by atoms with Gasteiger partial charge in [-0.05, 0) is 36.8 Å². The van der Waals surface area contributed by atoms with E-state index >= 15 is 0 Å². The molecule has 1 saturated carbocycles. The van der Waals surface area contributed by atoms with E-state index in [0.29, 0.717) is 11.1 Å². The van der Waals surface area contributed by atoms with Crippen LogP contribution >= 0.6 is 0 Å². The van der Waals surface area contributed by atoms with Gasteiger partial charge in [0.15, 0.2) is 5.65 Å². The Morgan fingerprint density at radius 3 is 2.85 bits per heavy atom. The molecule has 2 aliphatic rings. The highest BCUT2D eigenvalue weighted by atomic mass is 16.2.